The Morgan fingerprint density at radius 2 is 1.66 bits per heavy atom. The van der Waals surface area contributed by atoms with Gasteiger partial charge in [0.25, 0.3) is 0 Å². The molecule has 6 nitrogen and oxygen atoms in total. The maximum absolute atomic E-state index is 13.6. The largest absolute Gasteiger partial charge is 0.496 e. The predicted molar refractivity (Wildman–Crippen MR) is 140 cm³/mol. The van der Waals surface area contributed by atoms with Crippen LogP contribution in [0.2, 0.25) is 10.0 Å². The normalized spacial score (nSPS) is 11.2. The molecule has 0 saturated heterocycles. The van der Waals surface area contributed by atoms with Crippen molar-refractivity contribution in [2.45, 2.75) is 32.6 Å². The van der Waals surface area contributed by atoms with Gasteiger partial charge < -0.3 is 20.1 Å². The summed E-state index contributed by atoms with van der Waals surface area (Å²) in [6.07, 6.45) is -4.88. The molecule has 2 N–H and O–H groups in total. The number of methoxy groups -OCH3 is 1. The van der Waals surface area contributed by atoms with Crippen LogP contribution in [0.3, 0.4) is 0 Å². The number of urea groups is 1. The van der Waals surface area contributed by atoms with E-state index in [4.69, 9.17) is 27.9 Å². The maximum Gasteiger partial charge on any atom is 0.416 e. The fourth-order valence-electron chi connectivity index (χ4n) is 3.95. The van der Waals surface area contributed by atoms with E-state index in [-0.39, 0.29) is 31.6 Å². The minimum absolute atomic E-state index is 0.107. The SMILES string of the molecule is CCN(Cc1cc(C(F)(F)F)ccc1-c1cc(CC(=O)O)ccc1OC)C(=O)NCc1cc(Cl)cc(Cl)c1. The maximum atomic E-state index is 13.6. The summed E-state index contributed by atoms with van der Waals surface area (Å²) in [7, 11) is 1.41. The second-order valence-electron chi connectivity index (χ2n) is 8.43. The topological polar surface area (TPSA) is 78.9 Å². The van der Waals surface area contributed by atoms with E-state index in [2.05, 4.69) is 5.32 Å². The third-order valence-corrected chi connectivity index (χ3v) is 6.17. The lowest BCUT2D eigenvalue weighted by molar-refractivity contribution is -0.138. The minimum atomic E-state index is -4.60. The van der Waals surface area contributed by atoms with E-state index in [0.717, 1.165) is 12.1 Å². The molecule has 2 amide bonds. The average molecular weight is 569 g/mol. The molecule has 3 aromatic rings. The lowest BCUT2D eigenvalue weighted by Gasteiger charge is -2.24. The van der Waals surface area contributed by atoms with Gasteiger partial charge in [0.2, 0.25) is 0 Å². The van der Waals surface area contributed by atoms with Crippen LogP contribution < -0.4 is 10.1 Å². The Balaban J connectivity index is 1.98. The van der Waals surface area contributed by atoms with Gasteiger partial charge in [0, 0.05) is 35.2 Å². The molecule has 0 radical (unpaired) electrons. The van der Waals surface area contributed by atoms with Crippen molar-refractivity contribution < 1.29 is 32.6 Å². The van der Waals surface area contributed by atoms with Crippen LogP contribution in [0.4, 0.5) is 18.0 Å². The fourth-order valence-corrected chi connectivity index (χ4v) is 4.52. The van der Waals surface area contributed by atoms with Crippen LogP contribution >= 0.6 is 23.2 Å². The van der Waals surface area contributed by atoms with Crippen molar-refractivity contribution in [2.24, 2.45) is 0 Å². The van der Waals surface area contributed by atoms with Gasteiger partial charge in [-0.2, -0.15) is 13.2 Å². The number of carboxylic acids is 1. The average Bonchev–Trinajstić information content (AvgIpc) is 2.84. The van der Waals surface area contributed by atoms with Gasteiger partial charge in [-0.1, -0.05) is 35.3 Å². The predicted octanol–water partition coefficient (Wildman–Crippen LogP) is 7.05. The number of ether oxygens (including phenoxy) is 1. The zero-order chi connectivity index (χ0) is 28.0. The van der Waals surface area contributed by atoms with Gasteiger partial charge in [0.05, 0.1) is 19.1 Å². The number of hydrogen-bond acceptors (Lipinski definition) is 3. The summed E-state index contributed by atoms with van der Waals surface area (Å²) in [4.78, 5) is 25.6. The number of carboxylic acid groups (broad SMARTS) is 1. The highest BCUT2D eigenvalue weighted by molar-refractivity contribution is 6.34. The lowest BCUT2D eigenvalue weighted by atomic mass is 9.94. The fraction of sp³-hybridized carbons (Fsp3) is 0.259. The first-order valence-electron chi connectivity index (χ1n) is 11.5. The summed E-state index contributed by atoms with van der Waals surface area (Å²) in [6, 6.07) is 12.3. The minimum Gasteiger partial charge on any atom is -0.496 e. The number of halogens is 5. The van der Waals surface area contributed by atoms with Gasteiger partial charge >= 0.3 is 18.2 Å². The van der Waals surface area contributed by atoms with Crippen LogP contribution in [0.15, 0.2) is 54.6 Å². The van der Waals surface area contributed by atoms with E-state index >= 15 is 0 Å². The van der Waals surface area contributed by atoms with E-state index in [1.54, 1.807) is 43.3 Å². The van der Waals surface area contributed by atoms with Gasteiger partial charge in [-0.05, 0) is 71.6 Å². The highest BCUT2D eigenvalue weighted by Gasteiger charge is 2.31. The molecular weight excluding hydrogens is 544 g/mol. The smallest absolute Gasteiger partial charge is 0.416 e. The molecule has 0 fully saturated rings. The molecule has 0 saturated carbocycles. The van der Waals surface area contributed by atoms with E-state index in [1.807, 2.05) is 0 Å². The van der Waals surface area contributed by atoms with Gasteiger partial charge in [0.15, 0.2) is 0 Å². The summed E-state index contributed by atoms with van der Waals surface area (Å²) in [5.74, 6) is -0.700. The van der Waals surface area contributed by atoms with E-state index in [9.17, 15) is 27.9 Å². The molecule has 0 bridgehead atoms. The molecule has 38 heavy (non-hydrogen) atoms. The molecule has 0 spiro atoms. The number of nitrogens with zero attached hydrogens (tertiary/aromatic N) is 1. The van der Waals surface area contributed by atoms with Crippen molar-refractivity contribution in [1.82, 2.24) is 10.2 Å². The second-order valence-corrected chi connectivity index (χ2v) is 9.30. The molecule has 0 unspecified atom stereocenters. The number of carbonyl (C=O) groups excluding carboxylic acids is 1. The van der Waals surface area contributed by atoms with Crippen molar-refractivity contribution >= 4 is 35.2 Å². The van der Waals surface area contributed by atoms with E-state index < -0.39 is 23.7 Å². The molecule has 0 aliphatic heterocycles. The first-order chi connectivity index (χ1) is 17.9. The zero-order valence-electron chi connectivity index (χ0n) is 20.5. The Morgan fingerprint density at radius 3 is 2.24 bits per heavy atom. The number of alkyl halides is 3. The Labute approximate surface area is 227 Å². The van der Waals surface area contributed by atoms with Gasteiger partial charge in [-0.15, -0.1) is 0 Å². The van der Waals surface area contributed by atoms with E-state index in [0.29, 0.717) is 38.0 Å². The molecule has 0 atom stereocenters. The highest BCUT2D eigenvalue weighted by Crippen LogP contribution is 2.38. The first-order valence-corrected chi connectivity index (χ1v) is 12.2. The number of amides is 2. The number of carbonyl (C=O) groups is 2. The summed E-state index contributed by atoms with van der Waals surface area (Å²) in [5.41, 5.74) is 1.25. The quantitative estimate of drug-likeness (QED) is 0.290. The van der Waals surface area contributed by atoms with Crippen molar-refractivity contribution in [3.05, 3.63) is 86.9 Å². The van der Waals surface area contributed by atoms with Crippen LogP contribution in [0, 0.1) is 0 Å². The van der Waals surface area contributed by atoms with Crippen LogP contribution in [0.25, 0.3) is 11.1 Å². The third-order valence-electron chi connectivity index (χ3n) is 5.74. The van der Waals surface area contributed by atoms with Crippen molar-refractivity contribution in [1.29, 1.82) is 0 Å². The second kappa shape index (κ2) is 12.4. The highest BCUT2D eigenvalue weighted by atomic mass is 35.5. The number of aliphatic carboxylic acids is 1. The van der Waals surface area contributed by atoms with Crippen LogP contribution in [0.1, 0.15) is 29.2 Å². The summed E-state index contributed by atoms with van der Waals surface area (Å²) in [6.45, 7) is 1.87. The zero-order valence-corrected chi connectivity index (χ0v) is 22.0. The molecular formula is C27H25Cl2F3N2O4. The molecule has 0 aliphatic carbocycles. The van der Waals surface area contributed by atoms with Crippen molar-refractivity contribution in [3.8, 4) is 16.9 Å². The molecule has 0 aliphatic rings. The summed E-state index contributed by atoms with van der Waals surface area (Å²) >= 11 is 12.0. The molecule has 0 aromatic heterocycles. The van der Waals surface area contributed by atoms with Crippen molar-refractivity contribution in [2.75, 3.05) is 13.7 Å². The van der Waals surface area contributed by atoms with E-state index in [1.165, 1.54) is 18.1 Å². The molecule has 3 aromatic carbocycles. The van der Waals surface area contributed by atoms with Crippen molar-refractivity contribution in [3.63, 3.8) is 0 Å². The standard InChI is InChI=1S/C27H25Cl2F3N2O4/c1-3-34(26(37)33-14-17-8-20(28)13-21(29)9-17)15-18-12-19(27(30,31)32)5-6-22(18)23-10-16(11-25(35)36)4-7-24(23)38-2/h4-10,12-13H,3,11,14-15H2,1-2H3,(H,33,37)(H,35,36). The Hall–Kier alpha value is -3.43. The Morgan fingerprint density at radius 1 is 0.974 bits per heavy atom. The van der Waals surface area contributed by atoms with Crippen LogP contribution in [-0.2, 0) is 30.5 Å². The van der Waals surface area contributed by atoms with Gasteiger partial charge in [-0.25, -0.2) is 4.79 Å². The van der Waals surface area contributed by atoms with Crippen LogP contribution in [-0.4, -0.2) is 35.7 Å². The summed E-state index contributed by atoms with van der Waals surface area (Å²) in [5, 5.41) is 12.7. The summed E-state index contributed by atoms with van der Waals surface area (Å²) < 4.78 is 46.2. The number of benzene rings is 3. The van der Waals surface area contributed by atoms with Gasteiger partial charge in [0.1, 0.15) is 5.75 Å². The Kier molecular flexibility index (Phi) is 9.51. The molecule has 3 rings (SSSR count). The number of rotatable bonds is 9. The molecule has 0 heterocycles. The molecule has 11 heteroatoms. The first kappa shape index (κ1) is 29.1. The Bertz CT molecular complexity index is 1310. The monoisotopic (exact) mass is 568 g/mol. The van der Waals surface area contributed by atoms with Crippen LogP contribution in [0.5, 0.6) is 5.75 Å². The lowest BCUT2D eigenvalue weighted by Crippen LogP contribution is -2.39. The van der Waals surface area contributed by atoms with Gasteiger partial charge in [-0.3, -0.25) is 4.79 Å². The molecule has 202 valence electrons. The third kappa shape index (κ3) is 7.55. The number of nitrogens with one attached hydrogen (secondary N) is 1. The number of hydrogen-bond donors (Lipinski definition) is 2.